The summed E-state index contributed by atoms with van der Waals surface area (Å²) < 4.78 is 17.2. The number of aliphatic hydroxyl groups excluding tert-OH is 12. The van der Waals surface area contributed by atoms with Gasteiger partial charge in [0.1, 0.15) is 0 Å². The third-order valence-electron chi connectivity index (χ3n) is 15.1. The molecule has 0 aliphatic carbocycles. The van der Waals surface area contributed by atoms with Crippen molar-refractivity contribution >= 4 is 81.6 Å². The minimum absolute atomic E-state index is 0.145. The van der Waals surface area contributed by atoms with Gasteiger partial charge in [0.25, 0.3) is 0 Å². The van der Waals surface area contributed by atoms with Crippen LogP contribution in [0.2, 0.25) is 95.2 Å². The summed E-state index contributed by atoms with van der Waals surface area (Å²) >= 11 is -12.3. The Balaban J connectivity index is 8.06. The molecule has 0 atom stereocenters. The van der Waals surface area contributed by atoms with Crippen LogP contribution in [0, 0.1) is 0 Å². The predicted molar refractivity (Wildman–Crippen MR) is 265 cm³/mol. The molecule has 12 nitrogen and oxygen atoms in total. The van der Waals surface area contributed by atoms with Crippen LogP contribution >= 0.6 is 0 Å². The van der Waals surface area contributed by atoms with Crippen LogP contribution in [0.1, 0.15) is 77.0 Å². The average Bonchev–Trinajstić information content (AvgIpc) is 3.29. The molecule has 61 heavy (non-hydrogen) atoms. The molecule has 368 valence electrons. The Morgan fingerprint density at radius 1 is 0.180 bits per heavy atom. The van der Waals surface area contributed by atoms with Gasteiger partial charge >= 0.3 is 394 Å². The fourth-order valence-corrected chi connectivity index (χ4v) is 102. The molecule has 0 radical (unpaired) electrons. The van der Waals surface area contributed by atoms with Gasteiger partial charge in [-0.05, 0) is 0 Å². The molecular formula is C44H100O12SiSn4. The van der Waals surface area contributed by atoms with Crippen molar-refractivity contribution in [2.45, 2.75) is 172 Å². The van der Waals surface area contributed by atoms with Crippen molar-refractivity contribution in [2.75, 3.05) is 79.3 Å². The average molecular weight is 1320 g/mol. The number of rotatable bonds is 48. The molecule has 0 spiro atoms. The summed E-state index contributed by atoms with van der Waals surface area (Å²) in [5.41, 5.74) is 0. The zero-order valence-electron chi connectivity index (χ0n) is 39.0. The first-order chi connectivity index (χ1) is 29.6. The normalized spacial score (nSPS) is 13.2. The molecule has 17 heteroatoms. The molecule has 0 aromatic carbocycles. The van der Waals surface area contributed by atoms with Crippen LogP contribution in [0.5, 0.6) is 0 Å². The maximum absolute atomic E-state index is 10.2. The molecule has 0 rings (SSSR count). The summed E-state index contributed by atoms with van der Waals surface area (Å²) in [6.45, 7) is 1.74. The Kier molecular flexibility index (Phi) is 42.7. The summed E-state index contributed by atoms with van der Waals surface area (Å²) in [6.07, 6.45) is 9.13. The van der Waals surface area contributed by atoms with Crippen molar-refractivity contribution in [3.8, 4) is 0 Å². The molecule has 0 aromatic rings. The molecule has 0 heterocycles. The fraction of sp³-hybridized carbons (Fsp3) is 1.00. The van der Waals surface area contributed by atoms with Gasteiger partial charge in [-0.25, -0.2) is 0 Å². The van der Waals surface area contributed by atoms with Crippen LogP contribution < -0.4 is 0 Å². The quantitative estimate of drug-likeness (QED) is 0.0323. The molecule has 0 aliphatic rings. The zero-order chi connectivity index (χ0) is 45.6. The number of hydrogen-bond donors (Lipinski definition) is 12. The molecular weight excluding hydrogens is 1220 g/mol. The van der Waals surface area contributed by atoms with E-state index in [1.165, 1.54) is 41.9 Å². The standard InChI is InChI=1S/C8H16Si.12C3H7O.4Sn/c1-5-9(6-2,7-3)8-4;12*1-2-3-4;;;;/h1-8H2;12*4H,1-3H2;;;;. The summed E-state index contributed by atoms with van der Waals surface area (Å²) in [5.74, 6) is 0. The first-order valence-corrected chi connectivity index (χ1v) is 60.0. The molecule has 0 aromatic heterocycles. The zero-order valence-corrected chi connectivity index (χ0v) is 51.4. The minimum atomic E-state index is -3.07. The second kappa shape index (κ2) is 40.8. The van der Waals surface area contributed by atoms with E-state index >= 15 is 0 Å². The van der Waals surface area contributed by atoms with Gasteiger partial charge in [-0.15, -0.1) is 0 Å². The van der Waals surface area contributed by atoms with E-state index in [1.54, 1.807) is 0 Å². The maximum atomic E-state index is 10.2. The Bertz CT molecular complexity index is 743. The van der Waals surface area contributed by atoms with E-state index < -0.39 is 81.6 Å². The Morgan fingerprint density at radius 3 is 0.393 bits per heavy atom. The number of hydrogen-bond acceptors (Lipinski definition) is 12. The Hall–Kier alpha value is 2.93. The van der Waals surface area contributed by atoms with Gasteiger partial charge in [0.2, 0.25) is 0 Å². The summed E-state index contributed by atoms with van der Waals surface area (Å²) in [6, 6.07) is 4.71. The van der Waals surface area contributed by atoms with Gasteiger partial charge in [-0.3, -0.25) is 0 Å². The van der Waals surface area contributed by atoms with Crippen molar-refractivity contribution in [3.63, 3.8) is 0 Å². The van der Waals surface area contributed by atoms with Crippen LogP contribution in [0.3, 0.4) is 0 Å². The summed E-state index contributed by atoms with van der Waals surface area (Å²) in [5, 5.41) is 122. The van der Waals surface area contributed by atoms with Crippen molar-refractivity contribution in [1.82, 2.24) is 0 Å². The second-order valence-corrected chi connectivity index (χ2v) is 81.5. The SMILES string of the molecule is OCC[CH2][Sn]([CH2]CCO)([CH2]CCO)[CH2]C[Si](C[CH2][Sn]([CH2]CCO)([CH2]CCO)[CH2]CCO)(C[CH2][Sn]([CH2]CCO)([CH2]CCO)[CH2]CCO)C[CH2][Sn]([CH2]CCO)([CH2]CCO)[CH2]CCO. The molecule has 0 unspecified atom stereocenters. The van der Waals surface area contributed by atoms with Gasteiger partial charge in [0, 0.05) is 0 Å². The van der Waals surface area contributed by atoms with Crippen LogP contribution in [0.4, 0.5) is 0 Å². The summed E-state index contributed by atoms with van der Waals surface area (Å²) in [7, 11) is -2.25. The van der Waals surface area contributed by atoms with Crippen molar-refractivity contribution in [2.24, 2.45) is 0 Å². The first-order valence-electron chi connectivity index (χ1n) is 24.9. The van der Waals surface area contributed by atoms with Gasteiger partial charge < -0.3 is 0 Å². The summed E-state index contributed by atoms with van der Waals surface area (Å²) in [4.78, 5) is 0. The predicted octanol–water partition coefficient (Wildman–Crippen LogP) is 5.82. The molecule has 0 saturated heterocycles. The van der Waals surface area contributed by atoms with E-state index in [2.05, 4.69) is 0 Å². The van der Waals surface area contributed by atoms with Crippen LogP contribution in [0.25, 0.3) is 0 Å². The molecule has 0 fully saturated rings. The third-order valence-corrected chi connectivity index (χ3v) is 89.5. The van der Waals surface area contributed by atoms with Crippen molar-refractivity contribution < 1.29 is 61.3 Å². The van der Waals surface area contributed by atoms with Gasteiger partial charge in [-0.1, -0.05) is 0 Å². The molecule has 12 N–H and O–H groups in total. The van der Waals surface area contributed by atoms with E-state index in [0.29, 0.717) is 0 Å². The van der Waals surface area contributed by atoms with E-state index in [4.69, 9.17) is 0 Å². The number of aliphatic hydroxyl groups is 12. The van der Waals surface area contributed by atoms with Crippen LogP contribution in [0.15, 0.2) is 0 Å². The molecule has 0 aliphatic heterocycles. The topological polar surface area (TPSA) is 243 Å². The Morgan fingerprint density at radius 2 is 0.295 bits per heavy atom. The van der Waals surface area contributed by atoms with E-state index in [9.17, 15) is 61.3 Å². The van der Waals surface area contributed by atoms with Crippen molar-refractivity contribution in [3.05, 3.63) is 0 Å². The first kappa shape index (κ1) is 63.9. The van der Waals surface area contributed by atoms with E-state index in [0.717, 1.165) is 130 Å². The van der Waals surface area contributed by atoms with Crippen LogP contribution in [-0.4, -0.2) is 222 Å². The van der Waals surface area contributed by atoms with E-state index in [-0.39, 0.29) is 79.3 Å². The second-order valence-electron chi connectivity index (χ2n) is 19.4. The van der Waals surface area contributed by atoms with Crippen molar-refractivity contribution in [1.29, 1.82) is 0 Å². The van der Waals surface area contributed by atoms with Gasteiger partial charge in [0.15, 0.2) is 0 Å². The Labute approximate surface area is 390 Å². The fourth-order valence-electron chi connectivity index (χ4n) is 11.3. The molecule has 0 bridgehead atoms. The third kappa shape index (κ3) is 28.3. The molecule has 0 amide bonds. The molecule has 0 saturated carbocycles. The van der Waals surface area contributed by atoms with Gasteiger partial charge in [-0.2, -0.15) is 0 Å². The monoisotopic (exact) mass is 1330 g/mol. The van der Waals surface area contributed by atoms with E-state index in [1.807, 2.05) is 0 Å². The van der Waals surface area contributed by atoms with Crippen LogP contribution in [-0.2, 0) is 0 Å². The van der Waals surface area contributed by atoms with Gasteiger partial charge in [0.05, 0.1) is 0 Å².